The number of amides is 2. The summed E-state index contributed by atoms with van der Waals surface area (Å²) in [5, 5.41) is 4.16. The van der Waals surface area contributed by atoms with Crippen molar-refractivity contribution >= 4 is 17.5 Å². The minimum absolute atomic E-state index is 0.0542. The average molecular weight is 353 g/mol. The van der Waals surface area contributed by atoms with Gasteiger partial charge in [0.05, 0.1) is 0 Å². The molecule has 0 radical (unpaired) electrons. The van der Waals surface area contributed by atoms with Gasteiger partial charge in [0.2, 0.25) is 11.8 Å². The van der Waals surface area contributed by atoms with Gasteiger partial charge in [-0.05, 0) is 17.7 Å². The summed E-state index contributed by atoms with van der Waals surface area (Å²) in [6.07, 6.45) is 1.65. The van der Waals surface area contributed by atoms with Crippen LogP contribution in [-0.4, -0.2) is 37.4 Å². The number of hydrogen-bond donors (Lipinski definition) is 1. The van der Waals surface area contributed by atoms with Crippen molar-refractivity contribution < 1.29 is 9.59 Å². The van der Waals surface area contributed by atoms with Crippen LogP contribution >= 0.6 is 0 Å². The second-order valence-electron chi connectivity index (χ2n) is 5.89. The predicted octanol–water partition coefficient (Wildman–Crippen LogP) is 0.400. The Labute approximate surface area is 149 Å². The van der Waals surface area contributed by atoms with Crippen LogP contribution in [0, 0.1) is 0 Å². The fourth-order valence-corrected chi connectivity index (χ4v) is 2.64. The quantitative estimate of drug-likeness (QED) is 0.664. The molecule has 2 N–H and O–H groups in total. The first-order chi connectivity index (χ1) is 12.5. The molecular formula is C18H19N5O3. The third-order valence-corrected chi connectivity index (χ3v) is 3.97. The predicted molar refractivity (Wildman–Crippen MR) is 95.1 cm³/mol. The lowest BCUT2D eigenvalue weighted by atomic mass is 10.2. The zero-order valence-corrected chi connectivity index (χ0v) is 14.1. The molecule has 0 aliphatic carbocycles. The number of nitrogens with two attached hydrogens (primary N) is 1. The highest BCUT2D eigenvalue weighted by atomic mass is 16.2. The fourth-order valence-electron chi connectivity index (χ4n) is 2.64. The highest BCUT2D eigenvalue weighted by Crippen LogP contribution is 2.06. The second-order valence-corrected chi connectivity index (χ2v) is 5.89. The Morgan fingerprint density at radius 2 is 1.81 bits per heavy atom. The van der Waals surface area contributed by atoms with Crippen LogP contribution in [-0.2, 0) is 22.7 Å². The van der Waals surface area contributed by atoms with Gasteiger partial charge in [-0.2, -0.15) is 0 Å². The van der Waals surface area contributed by atoms with Crippen LogP contribution in [0.1, 0.15) is 12.0 Å². The highest BCUT2D eigenvalue weighted by molar-refractivity contribution is 5.78. The first-order valence-corrected chi connectivity index (χ1v) is 8.19. The molecule has 0 saturated heterocycles. The Kier molecular flexibility index (Phi) is 5.12. The molecule has 1 aromatic carbocycles. The van der Waals surface area contributed by atoms with Crippen molar-refractivity contribution in [2.24, 2.45) is 5.73 Å². The standard InChI is InChI=1S/C18H19N5O3/c19-15(24)9-11-21(12-14-6-2-1-3-7-14)17(25)13-23-18(26)22-10-5-4-8-16(22)20-23/h1-8,10H,9,11-13H2,(H2,19,24). The topological polar surface area (TPSA) is 103 Å². The van der Waals surface area contributed by atoms with Gasteiger partial charge >= 0.3 is 5.69 Å². The molecule has 2 amide bonds. The summed E-state index contributed by atoms with van der Waals surface area (Å²) in [6.45, 7) is 0.312. The van der Waals surface area contributed by atoms with Gasteiger partial charge in [0, 0.05) is 25.7 Å². The molecule has 8 nitrogen and oxygen atoms in total. The fraction of sp³-hybridized carbons (Fsp3) is 0.222. The van der Waals surface area contributed by atoms with Crippen molar-refractivity contribution in [1.29, 1.82) is 0 Å². The van der Waals surface area contributed by atoms with E-state index in [1.54, 1.807) is 24.4 Å². The summed E-state index contributed by atoms with van der Waals surface area (Å²) in [7, 11) is 0. The minimum Gasteiger partial charge on any atom is -0.370 e. The van der Waals surface area contributed by atoms with E-state index in [2.05, 4.69) is 5.10 Å². The van der Waals surface area contributed by atoms with E-state index < -0.39 is 5.91 Å². The summed E-state index contributed by atoms with van der Waals surface area (Å²) in [6, 6.07) is 14.6. The average Bonchev–Trinajstić information content (AvgIpc) is 2.95. The van der Waals surface area contributed by atoms with E-state index in [1.807, 2.05) is 30.3 Å². The van der Waals surface area contributed by atoms with Gasteiger partial charge in [-0.25, -0.2) is 9.48 Å². The Balaban J connectivity index is 1.80. The molecule has 2 aromatic heterocycles. The van der Waals surface area contributed by atoms with Gasteiger partial charge in [-0.3, -0.25) is 14.0 Å². The molecule has 3 rings (SSSR count). The zero-order chi connectivity index (χ0) is 18.5. The molecule has 8 heteroatoms. The van der Waals surface area contributed by atoms with Crippen molar-refractivity contribution in [3.05, 3.63) is 70.8 Å². The Morgan fingerprint density at radius 3 is 2.50 bits per heavy atom. The SMILES string of the molecule is NC(=O)CCN(Cc1ccccc1)C(=O)Cn1nc2ccccn2c1=O. The Morgan fingerprint density at radius 1 is 1.08 bits per heavy atom. The highest BCUT2D eigenvalue weighted by Gasteiger charge is 2.18. The molecule has 0 aliphatic heterocycles. The van der Waals surface area contributed by atoms with Crippen molar-refractivity contribution in [3.63, 3.8) is 0 Å². The summed E-state index contributed by atoms with van der Waals surface area (Å²) in [5.74, 6) is -0.790. The molecule has 2 heterocycles. The number of aromatic nitrogens is 3. The summed E-state index contributed by atoms with van der Waals surface area (Å²) in [4.78, 5) is 37.7. The largest absolute Gasteiger partial charge is 0.370 e. The van der Waals surface area contributed by atoms with Crippen LogP contribution in [0.2, 0.25) is 0 Å². The van der Waals surface area contributed by atoms with E-state index in [0.29, 0.717) is 12.2 Å². The van der Waals surface area contributed by atoms with E-state index in [0.717, 1.165) is 10.2 Å². The second kappa shape index (κ2) is 7.64. The lowest BCUT2D eigenvalue weighted by molar-refractivity contribution is -0.133. The number of hydrogen-bond acceptors (Lipinski definition) is 4. The molecule has 0 aliphatic rings. The maximum atomic E-state index is 12.7. The molecule has 0 saturated carbocycles. The molecule has 0 spiro atoms. The molecule has 0 bridgehead atoms. The molecule has 0 atom stereocenters. The number of nitrogens with zero attached hydrogens (tertiary/aromatic N) is 4. The van der Waals surface area contributed by atoms with Gasteiger partial charge in [0.25, 0.3) is 0 Å². The maximum absolute atomic E-state index is 12.7. The maximum Gasteiger partial charge on any atom is 0.350 e. The smallest absolute Gasteiger partial charge is 0.350 e. The van der Waals surface area contributed by atoms with Gasteiger partial charge in [0.15, 0.2) is 5.65 Å². The number of carbonyl (C=O) groups excluding carboxylic acids is 2. The lowest BCUT2D eigenvalue weighted by Gasteiger charge is -2.22. The van der Waals surface area contributed by atoms with Crippen LogP contribution in [0.25, 0.3) is 5.65 Å². The van der Waals surface area contributed by atoms with E-state index in [1.165, 1.54) is 9.30 Å². The third-order valence-electron chi connectivity index (χ3n) is 3.97. The third kappa shape index (κ3) is 3.97. The van der Waals surface area contributed by atoms with E-state index in [4.69, 9.17) is 5.73 Å². The van der Waals surface area contributed by atoms with Gasteiger partial charge in [-0.1, -0.05) is 36.4 Å². The molecule has 0 fully saturated rings. The van der Waals surface area contributed by atoms with Crippen molar-refractivity contribution in [2.45, 2.75) is 19.5 Å². The molecule has 134 valence electrons. The van der Waals surface area contributed by atoms with Crippen LogP contribution in [0.15, 0.2) is 59.5 Å². The number of benzene rings is 1. The number of rotatable bonds is 7. The van der Waals surface area contributed by atoms with Gasteiger partial charge in [-0.15, -0.1) is 5.10 Å². The van der Waals surface area contributed by atoms with Crippen molar-refractivity contribution in [1.82, 2.24) is 19.1 Å². The van der Waals surface area contributed by atoms with E-state index >= 15 is 0 Å². The number of pyridine rings is 1. The Hall–Kier alpha value is -3.42. The minimum atomic E-state index is -0.485. The van der Waals surface area contributed by atoms with Crippen molar-refractivity contribution in [3.8, 4) is 0 Å². The first-order valence-electron chi connectivity index (χ1n) is 8.19. The zero-order valence-electron chi connectivity index (χ0n) is 14.1. The van der Waals surface area contributed by atoms with E-state index in [-0.39, 0.29) is 31.1 Å². The van der Waals surface area contributed by atoms with Crippen molar-refractivity contribution in [2.75, 3.05) is 6.54 Å². The molecule has 0 unspecified atom stereocenters. The lowest BCUT2D eigenvalue weighted by Crippen LogP contribution is -2.38. The number of carbonyl (C=O) groups is 2. The summed E-state index contributed by atoms with van der Waals surface area (Å²) >= 11 is 0. The van der Waals surface area contributed by atoms with Crippen LogP contribution < -0.4 is 11.4 Å². The Bertz CT molecular complexity index is 977. The van der Waals surface area contributed by atoms with Crippen LogP contribution in [0.4, 0.5) is 0 Å². The summed E-state index contributed by atoms with van der Waals surface area (Å²) < 4.78 is 2.50. The molecular weight excluding hydrogens is 334 g/mol. The van der Waals surface area contributed by atoms with Crippen LogP contribution in [0.3, 0.4) is 0 Å². The normalized spacial score (nSPS) is 10.8. The van der Waals surface area contributed by atoms with E-state index in [9.17, 15) is 14.4 Å². The molecule has 3 aromatic rings. The van der Waals surface area contributed by atoms with Gasteiger partial charge in [0.1, 0.15) is 6.54 Å². The number of fused-ring (bicyclic) bond motifs is 1. The summed E-state index contributed by atoms with van der Waals surface area (Å²) in [5.41, 5.74) is 6.22. The molecule has 26 heavy (non-hydrogen) atoms. The number of primary amides is 1. The van der Waals surface area contributed by atoms with Gasteiger partial charge < -0.3 is 10.6 Å². The van der Waals surface area contributed by atoms with Crippen LogP contribution in [0.5, 0.6) is 0 Å². The monoisotopic (exact) mass is 353 g/mol. The first kappa shape index (κ1) is 17.4.